The fourth-order valence-corrected chi connectivity index (χ4v) is 1.63. The minimum atomic E-state index is -4.50. The lowest BCUT2D eigenvalue weighted by Gasteiger charge is -2.09. The van der Waals surface area contributed by atoms with Crippen LogP contribution in [0.1, 0.15) is 15.9 Å². The van der Waals surface area contributed by atoms with Gasteiger partial charge in [0.05, 0.1) is 18.2 Å². The summed E-state index contributed by atoms with van der Waals surface area (Å²) in [6, 6.07) is 10.2. The van der Waals surface area contributed by atoms with Crippen LogP contribution in [0, 0.1) is 0 Å². The first kappa shape index (κ1) is 14.9. The van der Waals surface area contributed by atoms with Crippen molar-refractivity contribution in [2.24, 2.45) is 0 Å². The summed E-state index contributed by atoms with van der Waals surface area (Å²) in [6.07, 6.45) is -4.50. The van der Waals surface area contributed by atoms with Gasteiger partial charge in [-0.1, -0.05) is 6.07 Å². The van der Waals surface area contributed by atoms with E-state index >= 15 is 0 Å². The van der Waals surface area contributed by atoms with Gasteiger partial charge in [0.1, 0.15) is 11.5 Å². The first-order valence-corrected chi connectivity index (χ1v) is 5.93. The average Bonchev–Trinajstić information content (AvgIpc) is 2.47. The Kier molecular flexibility index (Phi) is 4.16. The Morgan fingerprint density at radius 1 is 1.00 bits per heavy atom. The summed E-state index contributed by atoms with van der Waals surface area (Å²) in [6.45, 7) is 0. The van der Waals surface area contributed by atoms with Crippen molar-refractivity contribution < 1.29 is 27.4 Å². The maximum atomic E-state index is 12.6. The van der Waals surface area contributed by atoms with Gasteiger partial charge in [-0.2, -0.15) is 13.2 Å². The van der Waals surface area contributed by atoms with Crippen molar-refractivity contribution in [1.82, 2.24) is 0 Å². The third-order valence-corrected chi connectivity index (χ3v) is 2.70. The van der Waals surface area contributed by atoms with Crippen LogP contribution in [0.25, 0.3) is 0 Å². The van der Waals surface area contributed by atoms with E-state index < -0.39 is 17.7 Å². The molecule has 0 amide bonds. The second-order valence-electron chi connectivity index (χ2n) is 4.14. The normalized spacial score (nSPS) is 11.0. The summed E-state index contributed by atoms with van der Waals surface area (Å²) in [5, 5.41) is 0. The largest absolute Gasteiger partial charge is 0.497 e. The molecule has 0 aliphatic rings. The van der Waals surface area contributed by atoms with E-state index in [1.165, 1.54) is 25.3 Å². The highest BCUT2D eigenvalue weighted by Gasteiger charge is 2.31. The number of hydrogen-bond donors (Lipinski definition) is 0. The van der Waals surface area contributed by atoms with E-state index in [0.717, 1.165) is 18.2 Å². The first-order chi connectivity index (χ1) is 9.90. The molecule has 0 fully saturated rings. The molecule has 0 saturated heterocycles. The molecule has 0 atom stereocenters. The van der Waals surface area contributed by atoms with Gasteiger partial charge in [0.2, 0.25) is 0 Å². The molecule has 3 nitrogen and oxygen atoms in total. The molecule has 0 unspecified atom stereocenters. The van der Waals surface area contributed by atoms with Crippen LogP contribution in [0.5, 0.6) is 11.5 Å². The van der Waals surface area contributed by atoms with Crippen molar-refractivity contribution in [2.75, 3.05) is 7.11 Å². The van der Waals surface area contributed by atoms with Gasteiger partial charge >= 0.3 is 12.1 Å². The molecule has 0 heterocycles. The minimum absolute atomic E-state index is 0.166. The second-order valence-corrected chi connectivity index (χ2v) is 4.14. The molecule has 6 heteroatoms. The molecular formula is C15H11F3O3. The third kappa shape index (κ3) is 3.75. The Morgan fingerprint density at radius 2 is 1.62 bits per heavy atom. The number of carbonyl (C=O) groups excluding carboxylic acids is 1. The van der Waals surface area contributed by atoms with Gasteiger partial charge in [-0.15, -0.1) is 0 Å². The van der Waals surface area contributed by atoms with Gasteiger partial charge in [-0.05, 0) is 42.5 Å². The van der Waals surface area contributed by atoms with Crippen LogP contribution in [0.2, 0.25) is 0 Å². The standard InChI is InChI=1S/C15H11F3O3/c1-20-12-5-7-13(8-6-12)21-14(19)10-3-2-4-11(9-10)15(16,17)18/h2-9H,1H3. The molecule has 0 N–H and O–H groups in total. The predicted molar refractivity (Wildman–Crippen MR) is 69.4 cm³/mol. The fraction of sp³-hybridized carbons (Fsp3) is 0.133. The number of alkyl halides is 3. The summed E-state index contributed by atoms with van der Waals surface area (Å²) in [4.78, 5) is 11.8. The van der Waals surface area contributed by atoms with Crippen LogP contribution in [-0.4, -0.2) is 13.1 Å². The fourth-order valence-electron chi connectivity index (χ4n) is 1.63. The first-order valence-electron chi connectivity index (χ1n) is 5.93. The van der Waals surface area contributed by atoms with Gasteiger partial charge in [-0.25, -0.2) is 4.79 Å². The predicted octanol–water partition coefficient (Wildman–Crippen LogP) is 3.93. The lowest BCUT2D eigenvalue weighted by atomic mass is 10.1. The molecule has 0 aliphatic heterocycles. The van der Waals surface area contributed by atoms with Crippen LogP contribution in [-0.2, 0) is 6.18 Å². The monoisotopic (exact) mass is 296 g/mol. The van der Waals surface area contributed by atoms with Crippen LogP contribution < -0.4 is 9.47 Å². The van der Waals surface area contributed by atoms with E-state index in [4.69, 9.17) is 9.47 Å². The molecule has 0 saturated carbocycles. The molecule has 0 radical (unpaired) electrons. The van der Waals surface area contributed by atoms with Crippen molar-refractivity contribution in [3.8, 4) is 11.5 Å². The third-order valence-electron chi connectivity index (χ3n) is 2.70. The van der Waals surface area contributed by atoms with Crippen molar-refractivity contribution in [1.29, 1.82) is 0 Å². The number of esters is 1. The van der Waals surface area contributed by atoms with E-state index in [-0.39, 0.29) is 11.3 Å². The van der Waals surface area contributed by atoms with E-state index in [0.29, 0.717) is 5.75 Å². The maximum Gasteiger partial charge on any atom is 0.416 e. The minimum Gasteiger partial charge on any atom is -0.497 e. The molecule has 21 heavy (non-hydrogen) atoms. The zero-order valence-corrected chi connectivity index (χ0v) is 11.0. The van der Waals surface area contributed by atoms with Crippen molar-refractivity contribution in [3.05, 3.63) is 59.7 Å². The highest BCUT2D eigenvalue weighted by molar-refractivity contribution is 5.91. The van der Waals surface area contributed by atoms with Crippen LogP contribution in [0.15, 0.2) is 48.5 Å². The summed E-state index contributed by atoms with van der Waals surface area (Å²) in [5.41, 5.74) is -1.06. The number of hydrogen-bond acceptors (Lipinski definition) is 3. The Hall–Kier alpha value is -2.50. The molecular weight excluding hydrogens is 285 g/mol. The lowest BCUT2D eigenvalue weighted by Crippen LogP contribution is -2.11. The van der Waals surface area contributed by atoms with E-state index in [1.807, 2.05) is 0 Å². The number of ether oxygens (including phenoxy) is 2. The Balaban J connectivity index is 2.16. The average molecular weight is 296 g/mol. The van der Waals surface area contributed by atoms with Crippen LogP contribution >= 0.6 is 0 Å². The summed E-state index contributed by atoms with van der Waals surface area (Å²) < 4.78 is 47.7. The van der Waals surface area contributed by atoms with Crippen molar-refractivity contribution in [2.45, 2.75) is 6.18 Å². The smallest absolute Gasteiger partial charge is 0.416 e. The topological polar surface area (TPSA) is 35.5 Å². The number of carbonyl (C=O) groups is 1. The SMILES string of the molecule is COc1ccc(OC(=O)c2cccc(C(F)(F)F)c2)cc1. The molecule has 2 aromatic carbocycles. The second kappa shape index (κ2) is 5.87. The van der Waals surface area contributed by atoms with Gasteiger partial charge < -0.3 is 9.47 Å². The zero-order valence-electron chi connectivity index (χ0n) is 11.0. The van der Waals surface area contributed by atoms with Gasteiger partial charge in [0.25, 0.3) is 0 Å². The van der Waals surface area contributed by atoms with Gasteiger partial charge in [0.15, 0.2) is 0 Å². The Morgan fingerprint density at radius 3 is 2.19 bits per heavy atom. The van der Waals surface area contributed by atoms with Crippen molar-refractivity contribution in [3.63, 3.8) is 0 Å². The Labute approximate surface area is 118 Å². The quantitative estimate of drug-likeness (QED) is 0.636. The summed E-state index contributed by atoms with van der Waals surface area (Å²) in [5.74, 6) is -0.0571. The molecule has 2 aromatic rings. The molecule has 0 aromatic heterocycles. The van der Waals surface area contributed by atoms with Crippen molar-refractivity contribution >= 4 is 5.97 Å². The van der Waals surface area contributed by atoms with Crippen LogP contribution in [0.4, 0.5) is 13.2 Å². The number of halogens is 3. The molecule has 0 spiro atoms. The molecule has 2 rings (SSSR count). The molecule has 0 aliphatic carbocycles. The van der Waals surface area contributed by atoms with E-state index in [9.17, 15) is 18.0 Å². The summed E-state index contributed by atoms with van der Waals surface area (Å²) >= 11 is 0. The number of rotatable bonds is 3. The Bertz CT molecular complexity index is 633. The van der Waals surface area contributed by atoms with Gasteiger partial charge in [-0.3, -0.25) is 0 Å². The highest BCUT2D eigenvalue weighted by Crippen LogP contribution is 2.29. The lowest BCUT2D eigenvalue weighted by molar-refractivity contribution is -0.137. The zero-order chi connectivity index (χ0) is 15.5. The highest BCUT2D eigenvalue weighted by atomic mass is 19.4. The summed E-state index contributed by atoms with van der Waals surface area (Å²) in [7, 11) is 1.49. The van der Waals surface area contributed by atoms with E-state index in [1.54, 1.807) is 12.1 Å². The maximum absolute atomic E-state index is 12.6. The van der Waals surface area contributed by atoms with E-state index in [2.05, 4.69) is 0 Å². The number of methoxy groups -OCH3 is 1. The molecule has 110 valence electrons. The van der Waals surface area contributed by atoms with Gasteiger partial charge in [0, 0.05) is 0 Å². The number of benzene rings is 2. The molecule has 0 bridgehead atoms. The van der Waals surface area contributed by atoms with Crippen LogP contribution in [0.3, 0.4) is 0 Å².